The number of methoxy groups -OCH3 is 1. The van der Waals surface area contributed by atoms with Gasteiger partial charge in [-0.15, -0.1) is 0 Å². The summed E-state index contributed by atoms with van der Waals surface area (Å²) in [5.74, 6) is -1.25. The van der Waals surface area contributed by atoms with E-state index in [1.165, 1.54) is 7.11 Å². The summed E-state index contributed by atoms with van der Waals surface area (Å²) in [5.41, 5.74) is 0. The fourth-order valence-corrected chi connectivity index (χ4v) is 0.906. The summed E-state index contributed by atoms with van der Waals surface area (Å²) in [6.07, 6.45) is -2.06. The Hall–Kier alpha value is -0.610. The van der Waals surface area contributed by atoms with E-state index in [9.17, 15) is 4.79 Å². The summed E-state index contributed by atoms with van der Waals surface area (Å²) < 4.78 is 4.80. The Kier molecular flexibility index (Phi) is 4.07. The molecule has 0 rings (SSSR count). The number of carboxylic acid groups (broad SMARTS) is 1. The summed E-state index contributed by atoms with van der Waals surface area (Å²) in [6.45, 7) is 3.58. The van der Waals surface area contributed by atoms with E-state index in [1.54, 1.807) is 13.8 Å². The molecule has 0 aliphatic rings. The second kappa shape index (κ2) is 4.31. The zero-order valence-corrected chi connectivity index (χ0v) is 6.94. The van der Waals surface area contributed by atoms with Crippen molar-refractivity contribution in [2.75, 3.05) is 7.11 Å². The highest BCUT2D eigenvalue weighted by molar-refractivity contribution is 5.72. The van der Waals surface area contributed by atoms with Gasteiger partial charge in [0.2, 0.25) is 0 Å². The van der Waals surface area contributed by atoms with Crippen LogP contribution in [0.2, 0.25) is 0 Å². The minimum atomic E-state index is -1.43. The summed E-state index contributed by atoms with van der Waals surface area (Å²) in [5, 5.41) is 17.4. The number of carboxylic acids is 1. The average Bonchev–Trinajstić information content (AvgIpc) is 1.88. The summed E-state index contributed by atoms with van der Waals surface area (Å²) in [7, 11) is 1.39. The van der Waals surface area contributed by atoms with Gasteiger partial charge >= 0.3 is 5.97 Å². The molecule has 4 heteroatoms. The second-order valence-electron chi connectivity index (χ2n) is 2.73. The van der Waals surface area contributed by atoms with Gasteiger partial charge in [0.15, 0.2) is 6.10 Å². The fourth-order valence-electron chi connectivity index (χ4n) is 0.906. The van der Waals surface area contributed by atoms with Crippen molar-refractivity contribution in [1.82, 2.24) is 0 Å². The molecule has 0 saturated heterocycles. The Balaban J connectivity index is 4.13. The molecule has 0 spiro atoms. The first-order valence-corrected chi connectivity index (χ1v) is 3.44. The van der Waals surface area contributed by atoms with E-state index in [4.69, 9.17) is 14.9 Å². The Morgan fingerprint density at radius 2 is 1.91 bits per heavy atom. The molecule has 0 radical (unpaired) electrons. The molecule has 2 atom stereocenters. The molecule has 0 aliphatic carbocycles. The topological polar surface area (TPSA) is 66.8 Å². The van der Waals surface area contributed by atoms with E-state index < -0.39 is 18.2 Å². The molecule has 0 saturated carbocycles. The molecule has 0 aromatic rings. The normalized spacial score (nSPS) is 16.5. The van der Waals surface area contributed by atoms with Crippen molar-refractivity contribution in [1.29, 1.82) is 0 Å². The van der Waals surface area contributed by atoms with Crippen LogP contribution in [0.1, 0.15) is 13.8 Å². The van der Waals surface area contributed by atoms with Crippen LogP contribution in [0.15, 0.2) is 0 Å². The quantitative estimate of drug-likeness (QED) is 0.615. The SMILES string of the molecule is COC(C(C)C)C(O)C(=O)O. The zero-order valence-electron chi connectivity index (χ0n) is 6.94. The standard InChI is InChI=1S/C7H14O4/c1-4(2)6(11-3)5(8)7(9)10/h4-6,8H,1-3H3,(H,9,10). The van der Waals surface area contributed by atoms with Crippen LogP contribution in [0.3, 0.4) is 0 Å². The van der Waals surface area contributed by atoms with Gasteiger partial charge in [-0.25, -0.2) is 4.79 Å². The maximum Gasteiger partial charge on any atom is 0.335 e. The first-order valence-electron chi connectivity index (χ1n) is 3.44. The molecule has 4 nitrogen and oxygen atoms in total. The van der Waals surface area contributed by atoms with E-state index in [2.05, 4.69) is 0 Å². The number of aliphatic hydroxyl groups is 1. The van der Waals surface area contributed by atoms with Crippen molar-refractivity contribution in [2.24, 2.45) is 5.92 Å². The van der Waals surface area contributed by atoms with Gasteiger partial charge in [-0.05, 0) is 5.92 Å². The van der Waals surface area contributed by atoms with Gasteiger partial charge in [0.25, 0.3) is 0 Å². The lowest BCUT2D eigenvalue weighted by Gasteiger charge is -2.21. The highest BCUT2D eigenvalue weighted by Crippen LogP contribution is 2.10. The van der Waals surface area contributed by atoms with E-state index in [0.29, 0.717) is 0 Å². The lowest BCUT2D eigenvalue weighted by Crippen LogP contribution is -2.38. The number of hydrogen-bond donors (Lipinski definition) is 2. The predicted octanol–water partition coefficient (Wildman–Crippen LogP) is 0.103. The van der Waals surface area contributed by atoms with Gasteiger partial charge in [-0.3, -0.25) is 0 Å². The predicted molar refractivity (Wildman–Crippen MR) is 39.3 cm³/mol. The molecule has 2 unspecified atom stereocenters. The van der Waals surface area contributed by atoms with Crippen LogP contribution in [-0.4, -0.2) is 35.5 Å². The summed E-state index contributed by atoms with van der Waals surface area (Å²) in [4.78, 5) is 10.3. The Labute approximate surface area is 65.8 Å². The van der Waals surface area contributed by atoms with Crippen LogP contribution in [0.25, 0.3) is 0 Å². The molecular formula is C7H14O4. The van der Waals surface area contributed by atoms with E-state index in [0.717, 1.165) is 0 Å². The molecule has 66 valence electrons. The third-order valence-corrected chi connectivity index (χ3v) is 1.49. The maximum atomic E-state index is 10.3. The molecule has 11 heavy (non-hydrogen) atoms. The Morgan fingerprint density at radius 3 is 2.00 bits per heavy atom. The number of rotatable bonds is 4. The number of aliphatic hydroxyl groups excluding tert-OH is 1. The van der Waals surface area contributed by atoms with Gasteiger partial charge in [0, 0.05) is 7.11 Å². The third kappa shape index (κ3) is 2.86. The molecule has 0 fully saturated rings. The summed E-state index contributed by atoms with van der Waals surface area (Å²) >= 11 is 0. The van der Waals surface area contributed by atoms with E-state index in [-0.39, 0.29) is 5.92 Å². The first-order chi connectivity index (χ1) is 5.00. The van der Waals surface area contributed by atoms with Crippen LogP contribution in [0.4, 0.5) is 0 Å². The molecule has 2 N–H and O–H groups in total. The zero-order chi connectivity index (χ0) is 9.02. The van der Waals surface area contributed by atoms with Crippen molar-refractivity contribution >= 4 is 5.97 Å². The lowest BCUT2D eigenvalue weighted by atomic mass is 10.0. The molecule has 0 amide bonds. The van der Waals surface area contributed by atoms with Crippen molar-refractivity contribution in [2.45, 2.75) is 26.1 Å². The maximum absolute atomic E-state index is 10.3. The van der Waals surface area contributed by atoms with Gasteiger partial charge < -0.3 is 14.9 Å². The highest BCUT2D eigenvalue weighted by Gasteiger charge is 2.27. The Morgan fingerprint density at radius 1 is 1.45 bits per heavy atom. The molecular weight excluding hydrogens is 148 g/mol. The minimum Gasteiger partial charge on any atom is -0.479 e. The molecule has 0 bridgehead atoms. The van der Waals surface area contributed by atoms with Crippen LogP contribution in [0.5, 0.6) is 0 Å². The number of ether oxygens (including phenoxy) is 1. The minimum absolute atomic E-state index is 0.00824. The lowest BCUT2D eigenvalue weighted by molar-refractivity contribution is -0.156. The van der Waals surface area contributed by atoms with Crippen LogP contribution in [0, 0.1) is 5.92 Å². The Bertz CT molecular complexity index is 132. The molecule has 0 aromatic carbocycles. The summed E-state index contributed by atoms with van der Waals surface area (Å²) in [6, 6.07) is 0. The van der Waals surface area contributed by atoms with Crippen molar-refractivity contribution in [3.63, 3.8) is 0 Å². The third-order valence-electron chi connectivity index (χ3n) is 1.49. The van der Waals surface area contributed by atoms with Gasteiger partial charge in [0.05, 0.1) is 6.10 Å². The van der Waals surface area contributed by atoms with E-state index in [1.807, 2.05) is 0 Å². The van der Waals surface area contributed by atoms with Gasteiger partial charge in [-0.1, -0.05) is 13.8 Å². The van der Waals surface area contributed by atoms with Gasteiger partial charge in [0.1, 0.15) is 0 Å². The van der Waals surface area contributed by atoms with Gasteiger partial charge in [-0.2, -0.15) is 0 Å². The van der Waals surface area contributed by atoms with Crippen LogP contribution in [-0.2, 0) is 9.53 Å². The van der Waals surface area contributed by atoms with Crippen LogP contribution >= 0.6 is 0 Å². The molecule has 0 aromatic heterocycles. The second-order valence-corrected chi connectivity index (χ2v) is 2.73. The molecule has 0 heterocycles. The number of aliphatic carboxylic acids is 1. The fraction of sp³-hybridized carbons (Fsp3) is 0.857. The molecule has 0 aliphatic heterocycles. The van der Waals surface area contributed by atoms with Crippen LogP contribution < -0.4 is 0 Å². The van der Waals surface area contributed by atoms with Crippen molar-refractivity contribution in [3.05, 3.63) is 0 Å². The first kappa shape index (κ1) is 10.4. The monoisotopic (exact) mass is 162 g/mol. The largest absolute Gasteiger partial charge is 0.479 e. The number of carbonyl (C=O) groups is 1. The number of hydrogen-bond acceptors (Lipinski definition) is 3. The van der Waals surface area contributed by atoms with Crippen molar-refractivity contribution < 1.29 is 19.7 Å². The van der Waals surface area contributed by atoms with E-state index >= 15 is 0 Å². The average molecular weight is 162 g/mol. The van der Waals surface area contributed by atoms with Crippen molar-refractivity contribution in [3.8, 4) is 0 Å². The smallest absolute Gasteiger partial charge is 0.335 e. The highest BCUT2D eigenvalue weighted by atomic mass is 16.5.